The highest BCUT2D eigenvalue weighted by molar-refractivity contribution is 6.38. The Bertz CT molecular complexity index is 697. The molecule has 0 unspecified atom stereocenters. The Balaban J connectivity index is 2.24. The number of benzene rings is 1. The van der Waals surface area contributed by atoms with Crippen molar-refractivity contribution in [1.82, 2.24) is 4.90 Å². The van der Waals surface area contributed by atoms with Crippen molar-refractivity contribution in [1.29, 1.82) is 0 Å². The first-order chi connectivity index (χ1) is 12.6. The van der Waals surface area contributed by atoms with Gasteiger partial charge in [0.25, 0.3) is 5.91 Å². The Labute approximate surface area is 162 Å². The van der Waals surface area contributed by atoms with Gasteiger partial charge >= 0.3 is 5.97 Å². The molecule has 1 N–H and O–H groups in total. The number of rotatable bonds is 8. The summed E-state index contributed by atoms with van der Waals surface area (Å²) in [6.45, 7) is 6.56. The molecule has 0 spiro atoms. The highest BCUT2D eigenvalue weighted by Crippen LogP contribution is 2.34. The molecule has 1 saturated carbocycles. The van der Waals surface area contributed by atoms with Gasteiger partial charge in [0.05, 0.1) is 17.3 Å². The maximum atomic E-state index is 13.1. The second-order valence-corrected chi connectivity index (χ2v) is 8.78. The van der Waals surface area contributed by atoms with E-state index in [4.69, 9.17) is 5.11 Å². The van der Waals surface area contributed by atoms with Crippen molar-refractivity contribution in [2.75, 3.05) is 14.1 Å². The van der Waals surface area contributed by atoms with Gasteiger partial charge in [0.1, 0.15) is 0 Å². The van der Waals surface area contributed by atoms with Crippen molar-refractivity contribution in [2.24, 2.45) is 16.3 Å². The van der Waals surface area contributed by atoms with E-state index in [1.54, 1.807) is 24.1 Å². The number of carboxylic acids is 1. The van der Waals surface area contributed by atoms with Crippen LogP contribution in [-0.4, -0.2) is 41.7 Å². The van der Waals surface area contributed by atoms with Crippen molar-refractivity contribution in [2.45, 2.75) is 58.9 Å². The van der Waals surface area contributed by atoms with E-state index in [2.05, 4.69) is 25.8 Å². The number of carboxylic acid groups (broad SMARTS) is 1. The molecule has 5 nitrogen and oxygen atoms in total. The predicted octanol–water partition coefficient (Wildman–Crippen LogP) is 4.58. The molecule has 0 saturated heterocycles. The SMILES string of the molecule is CN=C(CC1CC1)C(=O)N(C)[C@H](CCC(C)(C)C)c1ccc(C(=O)O)cc1. The molecule has 0 aromatic heterocycles. The highest BCUT2D eigenvalue weighted by Gasteiger charge is 2.30. The number of amides is 1. The maximum absolute atomic E-state index is 13.1. The summed E-state index contributed by atoms with van der Waals surface area (Å²) < 4.78 is 0. The fraction of sp³-hybridized carbons (Fsp3) is 0.591. The van der Waals surface area contributed by atoms with Crippen molar-refractivity contribution >= 4 is 17.6 Å². The molecule has 0 aliphatic heterocycles. The summed E-state index contributed by atoms with van der Waals surface area (Å²) >= 11 is 0. The monoisotopic (exact) mass is 372 g/mol. The number of aliphatic imine (C=N–C) groups is 1. The van der Waals surface area contributed by atoms with E-state index in [0.29, 0.717) is 11.6 Å². The van der Waals surface area contributed by atoms with Crippen molar-refractivity contribution in [3.8, 4) is 0 Å². The zero-order valence-corrected chi connectivity index (χ0v) is 17.2. The molecule has 1 aliphatic carbocycles. The molecule has 2 rings (SSSR count). The third-order valence-electron chi connectivity index (χ3n) is 5.19. The van der Waals surface area contributed by atoms with E-state index in [-0.39, 0.29) is 22.9 Å². The van der Waals surface area contributed by atoms with Crippen molar-refractivity contribution < 1.29 is 14.7 Å². The van der Waals surface area contributed by atoms with Crippen LogP contribution < -0.4 is 0 Å². The van der Waals surface area contributed by atoms with Crippen LogP contribution in [-0.2, 0) is 4.79 Å². The highest BCUT2D eigenvalue weighted by atomic mass is 16.4. The van der Waals surface area contributed by atoms with Crippen LogP contribution in [0.25, 0.3) is 0 Å². The van der Waals surface area contributed by atoms with E-state index in [9.17, 15) is 9.59 Å². The summed E-state index contributed by atoms with van der Waals surface area (Å²) in [7, 11) is 3.52. The summed E-state index contributed by atoms with van der Waals surface area (Å²) in [4.78, 5) is 30.2. The van der Waals surface area contributed by atoms with Gasteiger partial charge in [-0.15, -0.1) is 0 Å². The average Bonchev–Trinajstić information content (AvgIpc) is 3.42. The molecule has 0 heterocycles. The van der Waals surface area contributed by atoms with E-state index in [0.717, 1.165) is 24.8 Å². The average molecular weight is 373 g/mol. The fourth-order valence-corrected chi connectivity index (χ4v) is 3.22. The Morgan fingerprint density at radius 2 is 1.81 bits per heavy atom. The summed E-state index contributed by atoms with van der Waals surface area (Å²) in [6.07, 6.45) is 4.89. The molecule has 1 amide bonds. The van der Waals surface area contributed by atoms with Gasteiger partial charge in [-0.2, -0.15) is 0 Å². The molecule has 148 valence electrons. The molecule has 1 aliphatic rings. The van der Waals surface area contributed by atoms with E-state index in [1.165, 1.54) is 12.8 Å². The number of carbonyl (C=O) groups excluding carboxylic acids is 1. The molecule has 1 fully saturated rings. The molecule has 0 bridgehead atoms. The summed E-state index contributed by atoms with van der Waals surface area (Å²) in [5.41, 5.74) is 2.01. The zero-order valence-electron chi connectivity index (χ0n) is 17.2. The molecular formula is C22H32N2O3. The van der Waals surface area contributed by atoms with Gasteiger partial charge in [0.15, 0.2) is 0 Å². The van der Waals surface area contributed by atoms with Crippen LogP contribution in [0.4, 0.5) is 0 Å². The second kappa shape index (κ2) is 8.68. The van der Waals surface area contributed by atoms with Gasteiger partial charge in [0.2, 0.25) is 0 Å². The van der Waals surface area contributed by atoms with Crippen LogP contribution >= 0.6 is 0 Å². The van der Waals surface area contributed by atoms with Crippen LogP contribution in [0, 0.1) is 11.3 Å². The van der Waals surface area contributed by atoms with Gasteiger partial charge in [0, 0.05) is 14.1 Å². The Morgan fingerprint density at radius 3 is 2.26 bits per heavy atom. The topological polar surface area (TPSA) is 70.0 Å². The van der Waals surface area contributed by atoms with E-state index < -0.39 is 5.97 Å². The third kappa shape index (κ3) is 6.19. The van der Waals surface area contributed by atoms with E-state index in [1.807, 2.05) is 19.2 Å². The lowest BCUT2D eigenvalue weighted by molar-refractivity contribution is -0.125. The van der Waals surface area contributed by atoms with E-state index >= 15 is 0 Å². The van der Waals surface area contributed by atoms with Crippen LogP contribution in [0.15, 0.2) is 29.3 Å². The van der Waals surface area contributed by atoms with Gasteiger partial charge in [-0.3, -0.25) is 9.79 Å². The summed E-state index contributed by atoms with van der Waals surface area (Å²) in [5, 5.41) is 9.14. The minimum atomic E-state index is -0.943. The molecule has 5 heteroatoms. The van der Waals surface area contributed by atoms with Gasteiger partial charge < -0.3 is 10.0 Å². The zero-order chi connectivity index (χ0) is 20.2. The Hall–Kier alpha value is -2.17. The summed E-state index contributed by atoms with van der Waals surface area (Å²) in [6, 6.07) is 6.77. The lowest BCUT2D eigenvalue weighted by Gasteiger charge is -2.31. The molecule has 27 heavy (non-hydrogen) atoms. The van der Waals surface area contributed by atoms with Crippen LogP contribution in [0.1, 0.15) is 74.8 Å². The van der Waals surface area contributed by atoms with Crippen LogP contribution in [0.5, 0.6) is 0 Å². The first-order valence-electron chi connectivity index (χ1n) is 9.68. The van der Waals surface area contributed by atoms with Crippen molar-refractivity contribution in [3.63, 3.8) is 0 Å². The molecule has 1 aromatic carbocycles. The largest absolute Gasteiger partial charge is 0.478 e. The Kier molecular flexibility index (Phi) is 6.79. The lowest BCUT2D eigenvalue weighted by Crippen LogP contribution is -2.37. The number of nitrogens with zero attached hydrogens (tertiary/aromatic N) is 2. The molecule has 1 aromatic rings. The first-order valence-corrected chi connectivity index (χ1v) is 9.68. The molecule has 0 radical (unpaired) electrons. The molecule has 1 atom stereocenters. The van der Waals surface area contributed by atoms with Gasteiger partial charge in [-0.1, -0.05) is 32.9 Å². The maximum Gasteiger partial charge on any atom is 0.335 e. The molecular weight excluding hydrogens is 340 g/mol. The number of aromatic carboxylic acids is 1. The standard InChI is InChI=1S/C22H32N2O3/c1-22(2,3)13-12-19(16-8-10-17(11-9-16)21(26)27)24(5)20(25)18(23-4)14-15-6-7-15/h8-11,15,19H,6-7,12-14H2,1-5H3,(H,26,27)/t19-/m1/s1. The van der Waals surface area contributed by atoms with Crippen LogP contribution in [0.3, 0.4) is 0 Å². The number of hydrogen-bond acceptors (Lipinski definition) is 3. The smallest absolute Gasteiger partial charge is 0.335 e. The van der Waals surface area contributed by atoms with Crippen molar-refractivity contribution in [3.05, 3.63) is 35.4 Å². The second-order valence-electron chi connectivity index (χ2n) is 8.78. The van der Waals surface area contributed by atoms with Crippen LogP contribution in [0.2, 0.25) is 0 Å². The predicted molar refractivity (Wildman–Crippen MR) is 108 cm³/mol. The minimum Gasteiger partial charge on any atom is -0.478 e. The third-order valence-corrected chi connectivity index (χ3v) is 5.19. The lowest BCUT2D eigenvalue weighted by atomic mass is 9.86. The first kappa shape index (κ1) is 21.1. The van der Waals surface area contributed by atoms with Gasteiger partial charge in [-0.25, -0.2) is 4.79 Å². The Morgan fingerprint density at radius 1 is 1.22 bits per heavy atom. The quantitative estimate of drug-likeness (QED) is 0.679. The fourth-order valence-electron chi connectivity index (χ4n) is 3.22. The van der Waals surface area contributed by atoms with Gasteiger partial charge in [-0.05, 0) is 61.1 Å². The minimum absolute atomic E-state index is 0.0226. The summed E-state index contributed by atoms with van der Waals surface area (Å²) in [5.74, 6) is -0.364. The number of carbonyl (C=O) groups is 2. The normalized spacial score (nSPS) is 16.1. The number of hydrogen-bond donors (Lipinski definition) is 1.